The number of aromatic nitrogens is 2. The summed E-state index contributed by atoms with van der Waals surface area (Å²) < 4.78 is 7.24. The van der Waals surface area contributed by atoms with Gasteiger partial charge in [0.2, 0.25) is 0 Å². The van der Waals surface area contributed by atoms with E-state index in [2.05, 4.69) is 10.4 Å². The molecule has 1 heterocycles. The van der Waals surface area contributed by atoms with Gasteiger partial charge in [0.15, 0.2) is 0 Å². The van der Waals surface area contributed by atoms with E-state index in [1.807, 2.05) is 49.6 Å². The van der Waals surface area contributed by atoms with Gasteiger partial charge in [-0.1, -0.05) is 30.3 Å². The summed E-state index contributed by atoms with van der Waals surface area (Å²) in [7, 11) is 1.88. The maximum Gasteiger partial charge on any atom is 0.0897 e. The quantitative estimate of drug-likeness (QED) is 0.757. The number of benzene rings is 1. The number of ether oxygens (including phenoxy) is 1. The van der Waals surface area contributed by atoms with Crippen molar-refractivity contribution in [2.75, 3.05) is 13.2 Å². The molecule has 1 aromatic carbocycles. The predicted molar refractivity (Wildman–Crippen MR) is 77.0 cm³/mol. The third kappa shape index (κ3) is 5.13. The molecule has 0 saturated carbocycles. The van der Waals surface area contributed by atoms with Crippen molar-refractivity contribution in [2.45, 2.75) is 19.3 Å². The maximum absolute atomic E-state index is 9.80. The summed E-state index contributed by atoms with van der Waals surface area (Å²) in [6, 6.07) is 11.9. The molecule has 0 radical (unpaired) electrons. The Morgan fingerprint density at radius 2 is 2.10 bits per heavy atom. The Balaban J connectivity index is 1.57. The molecule has 0 saturated heterocycles. The molecule has 0 aliphatic carbocycles. The predicted octanol–water partition coefficient (Wildman–Crippen LogP) is 1.09. The van der Waals surface area contributed by atoms with Gasteiger partial charge in [-0.2, -0.15) is 5.10 Å². The Morgan fingerprint density at radius 3 is 2.80 bits per heavy atom. The summed E-state index contributed by atoms with van der Waals surface area (Å²) in [5.74, 6) is 0. The van der Waals surface area contributed by atoms with E-state index in [0.29, 0.717) is 26.3 Å². The number of nitrogens with zero attached hydrogens (tertiary/aromatic N) is 2. The first kappa shape index (κ1) is 14.7. The van der Waals surface area contributed by atoms with E-state index in [4.69, 9.17) is 4.74 Å². The largest absolute Gasteiger partial charge is 0.389 e. The minimum atomic E-state index is -0.512. The highest BCUT2D eigenvalue weighted by molar-refractivity contribution is 5.13. The Kier molecular flexibility index (Phi) is 5.73. The zero-order valence-corrected chi connectivity index (χ0v) is 11.7. The third-order valence-electron chi connectivity index (χ3n) is 2.88. The van der Waals surface area contributed by atoms with Crippen LogP contribution in [0, 0.1) is 0 Å². The minimum Gasteiger partial charge on any atom is -0.389 e. The highest BCUT2D eigenvalue weighted by Gasteiger charge is 2.04. The molecule has 5 nitrogen and oxygen atoms in total. The van der Waals surface area contributed by atoms with E-state index in [1.165, 1.54) is 0 Å². The molecular formula is C15H21N3O2. The summed E-state index contributed by atoms with van der Waals surface area (Å²) in [4.78, 5) is 0. The normalized spacial score (nSPS) is 12.5. The van der Waals surface area contributed by atoms with Crippen LogP contribution in [-0.4, -0.2) is 34.1 Å². The lowest BCUT2D eigenvalue weighted by atomic mass is 10.2. The van der Waals surface area contributed by atoms with Crippen molar-refractivity contribution >= 4 is 0 Å². The monoisotopic (exact) mass is 275 g/mol. The molecule has 0 fully saturated rings. The average Bonchev–Trinajstić information content (AvgIpc) is 2.86. The van der Waals surface area contributed by atoms with Crippen molar-refractivity contribution in [2.24, 2.45) is 7.05 Å². The van der Waals surface area contributed by atoms with Gasteiger partial charge in [-0.15, -0.1) is 0 Å². The lowest BCUT2D eigenvalue weighted by Crippen LogP contribution is -2.30. The van der Waals surface area contributed by atoms with Gasteiger partial charge >= 0.3 is 0 Å². The van der Waals surface area contributed by atoms with Gasteiger partial charge in [0, 0.05) is 26.3 Å². The van der Waals surface area contributed by atoms with Crippen LogP contribution in [0.2, 0.25) is 0 Å². The molecule has 0 aliphatic heterocycles. The smallest absolute Gasteiger partial charge is 0.0897 e. The van der Waals surface area contributed by atoms with Crippen LogP contribution in [0.25, 0.3) is 0 Å². The Bertz CT molecular complexity index is 499. The maximum atomic E-state index is 9.80. The minimum absolute atomic E-state index is 0.324. The Hall–Kier alpha value is -1.69. The van der Waals surface area contributed by atoms with E-state index >= 15 is 0 Å². The van der Waals surface area contributed by atoms with E-state index in [0.717, 1.165) is 11.3 Å². The van der Waals surface area contributed by atoms with Crippen molar-refractivity contribution < 1.29 is 9.84 Å². The van der Waals surface area contributed by atoms with Gasteiger partial charge in [-0.25, -0.2) is 0 Å². The summed E-state index contributed by atoms with van der Waals surface area (Å²) in [6.07, 6.45) is 1.39. The van der Waals surface area contributed by atoms with E-state index < -0.39 is 6.10 Å². The Morgan fingerprint density at radius 1 is 1.30 bits per heavy atom. The molecule has 5 heteroatoms. The van der Waals surface area contributed by atoms with Gasteiger partial charge in [-0.05, 0) is 11.6 Å². The van der Waals surface area contributed by atoms with E-state index in [1.54, 1.807) is 4.68 Å². The fourth-order valence-corrected chi connectivity index (χ4v) is 1.87. The highest BCUT2D eigenvalue weighted by atomic mass is 16.5. The number of aliphatic hydroxyl groups excluding tert-OH is 1. The van der Waals surface area contributed by atoms with Crippen LogP contribution >= 0.6 is 0 Å². The lowest BCUT2D eigenvalue weighted by Gasteiger charge is -2.12. The van der Waals surface area contributed by atoms with Crippen LogP contribution in [-0.2, 0) is 24.9 Å². The van der Waals surface area contributed by atoms with Crippen molar-refractivity contribution in [1.29, 1.82) is 0 Å². The summed E-state index contributed by atoms with van der Waals surface area (Å²) in [6.45, 7) is 1.99. The standard InChI is InChI=1S/C15H21N3O2/c1-18-8-7-14(17-18)9-16-10-15(19)12-20-11-13-5-3-2-4-6-13/h2-8,15-16,19H,9-12H2,1H3. The molecule has 1 atom stereocenters. The first-order chi connectivity index (χ1) is 9.74. The average molecular weight is 275 g/mol. The highest BCUT2D eigenvalue weighted by Crippen LogP contribution is 2.01. The Labute approximate surface area is 119 Å². The number of hydrogen-bond acceptors (Lipinski definition) is 4. The topological polar surface area (TPSA) is 59.3 Å². The first-order valence-electron chi connectivity index (χ1n) is 6.73. The summed E-state index contributed by atoms with van der Waals surface area (Å²) >= 11 is 0. The second kappa shape index (κ2) is 7.79. The van der Waals surface area contributed by atoms with Crippen molar-refractivity contribution in [3.8, 4) is 0 Å². The van der Waals surface area contributed by atoms with Crippen LogP contribution in [0.3, 0.4) is 0 Å². The molecule has 1 unspecified atom stereocenters. The molecular weight excluding hydrogens is 254 g/mol. The van der Waals surface area contributed by atoms with E-state index in [-0.39, 0.29) is 0 Å². The van der Waals surface area contributed by atoms with Crippen molar-refractivity contribution in [3.63, 3.8) is 0 Å². The number of aliphatic hydroxyl groups is 1. The zero-order chi connectivity index (χ0) is 14.2. The second-order valence-corrected chi connectivity index (χ2v) is 4.77. The summed E-state index contributed by atoms with van der Waals surface area (Å²) in [5, 5.41) is 17.2. The van der Waals surface area contributed by atoms with Crippen molar-refractivity contribution in [3.05, 3.63) is 53.9 Å². The van der Waals surface area contributed by atoms with Gasteiger partial charge in [-0.3, -0.25) is 4.68 Å². The van der Waals surface area contributed by atoms with Crippen LogP contribution in [0.5, 0.6) is 0 Å². The fraction of sp³-hybridized carbons (Fsp3) is 0.400. The second-order valence-electron chi connectivity index (χ2n) is 4.77. The third-order valence-corrected chi connectivity index (χ3v) is 2.88. The summed E-state index contributed by atoms with van der Waals surface area (Å²) in [5.41, 5.74) is 2.08. The lowest BCUT2D eigenvalue weighted by molar-refractivity contribution is 0.0287. The molecule has 108 valence electrons. The zero-order valence-electron chi connectivity index (χ0n) is 11.7. The number of rotatable bonds is 8. The van der Waals surface area contributed by atoms with Crippen LogP contribution in [0.4, 0.5) is 0 Å². The van der Waals surface area contributed by atoms with Crippen LogP contribution in [0.1, 0.15) is 11.3 Å². The van der Waals surface area contributed by atoms with Gasteiger partial charge in [0.25, 0.3) is 0 Å². The van der Waals surface area contributed by atoms with Gasteiger partial charge < -0.3 is 15.2 Å². The molecule has 2 aromatic rings. The fourth-order valence-electron chi connectivity index (χ4n) is 1.87. The molecule has 0 spiro atoms. The van der Waals surface area contributed by atoms with E-state index in [9.17, 15) is 5.11 Å². The number of nitrogens with one attached hydrogen (secondary N) is 1. The van der Waals surface area contributed by atoms with Crippen molar-refractivity contribution in [1.82, 2.24) is 15.1 Å². The van der Waals surface area contributed by atoms with Crippen LogP contribution in [0.15, 0.2) is 42.6 Å². The molecule has 2 rings (SSSR count). The number of hydrogen-bond donors (Lipinski definition) is 2. The molecule has 0 aliphatic rings. The number of aryl methyl sites for hydroxylation is 1. The van der Waals surface area contributed by atoms with Gasteiger partial charge in [0.05, 0.1) is 25.0 Å². The SMILES string of the molecule is Cn1ccc(CNCC(O)COCc2ccccc2)n1. The molecule has 1 aromatic heterocycles. The molecule has 0 amide bonds. The first-order valence-corrected chi connectivity index (χ1v) is 6.73. The van der Waals surface area contributed by atoms with Crippen LogP contribution < -0.4 is 5.32 Å². The van der Waals surface area contributed by atoms with Gasteiger partial charge in [0.1, 0.15) is 0 Å². The molecule has 2 N–H and O–H groups in total. The molecule has 20 heavy (non-hydrogen) atoms. The molecule has 0 bridgehead atoms.